The van der Waals surface area contributed by atoms with E-state index in [0.29, 0.717) is 58.5 Å². The van der Waals surface area contributed by atoms with Crippen LogP contribution >= 0.6 is 0 Å². The summed E-state index contributed by atoms with van der Waals surface area (Å²) in [6.45, 7) is 15.1. The van der Waals surface area contributed by atoms with Gasteiger partial charge >= 0.3 is 12.1 Å². The van der Waals surface area contributed by atoms with Crippen molar-refractivity contribution in [2.24, 2.45) is 16.7 Å². The van der Waals surface area contributed by atoms with Crippen LogP contribution in [-0.4, -0.2) is 88.6 Å². The number of amides is 3. The van der Waals surface area contributed by atoms with Crippen LogP contribution in [-0.2, 0) is 19.7 Å². The molecule has 3 heterocycles. The molecule has 0 saturated carbocycles. The normalized spacial score (nSPS) is 24.5. The lowest BCUT2D eigenvalue weighted by Crippen LogP contribution is -2.57. The minimum Gasteiger partial charge on any atom is -0.478 e. The summed E-state index contributed by atoms with van der Waals surface area (Å²) in [6, 6.07) is 17.1. The second-order valence-electron chi connectivity index (χ2n) is 16.4. The molecule has 2 atom stereocenters. The highest BCUT2D eigenvalue weighted by Crippen LogP contribution is 2.55. The molecule has 4 aliphatic rings. The van der Waals surface area contributed by atoms with Gasteiger partial charge in [-0.15, -0.1) is 0 Å². The third-order valence-electron chi connectivity index (χ3n) is 11.4. The lowest BCUT2D eigenvalue weighted by Gasteiger charge is -2.52. The molecular weight excluding hydrogens is 630 g/mol. The summed E-state index contributed by atoms with van der Waals surface area (Å²) in [5, 5.41) is 9.38. The van der Waals surface area contributed by atoms with Gasteiger partial charge in [0, 0.05) is 50.1 Å². The molecule has 9 heteroatoms. The van der Waals surface area contributed by atoms with Gasteiger partial charge in [-0.05, 0) is 75.3 Å². The highest BCUT2D eigenvalue weighted by atomic mass is 16.6. The zero-order chi connectivity index (χ0) is 36.1. The Bertz CT molecular complexity index is 1710. The number of hydrogen-bond donors (Lipinski definition) is 1. The quantitative estimate of drug-likeness (QED) is 0.349. The number of carboxylic acids is 1. The van der Waals surface area contributed by atoms with Crippen LogP contribution in [0.15, 0.2) is 72.3 Å². The van der Waals surface area contributed by atoms with Crippen molar-refractivity contribution < 1.29 is 29.0 Å². The molecule has 0 spiro atoms. The Morgan fingerprint density at radius 1 is 0.840 bits per heavy atom. The van der Waals surface area contributed by atoms with Crippen molar-refractivity contribution in [2.75, 3.05) is 39.3 Å². The Labute approximate surface area is 296 Å². The van der Waals surface area contributed by atoms with Crippen molar-refractivity contribution in [3.63, 3.8) is 0 Å². The molecule has 9 nitrogen and oxygen atoms in total. The molecule has 3 aliphatic heterocycles. The van der Waals surface area contributed by atoms with E-state index in [1.807, 2.05) is 73.0 Å². The summed E-state index contributed by atoms with van der Waals surface area (Å²) in [5.41, 5.74) is 2.87. The number of benzene rings is 2. The van der Waals surface area contributed by atoms with Gasteiger partial charge < -0.3 is 24.5 Å². The first kappa shape index (κ1) is 35.4. The van der Waals surface area contributed by atoms with Crippen molar-refractivity contribution in [1.29, 1.82) is 0 Å². The highest BCUT2D eigenvalue weighted by molar-refractivity contribution is 5.90. The maximum atomic E-state index is 14.9. The van der Waals surface area contributed by atoms with Crippen LogP contribution < -0.4 is 0 Å². The summed E-state index contributed by atoms with van der Waals surface area (Å²) in [7, 11) is 0. The topological polar surface area (TPSA) is 107 Å². The maximum absolute atomic E-state index is 14.9. The van der Waals surface area contributed by atoms with Crippen molar-refractivity contribution in [3.05, 3.63) is 89.0 Å². The van der Waals surface area contributed by atoms with E-state index in [2.05, 4.69) is 32.9 Å². The molecule has 2 aromatic carbocycles. The van der Waals surface area contributed by atoms with E-state index in [4.69, 9.17) is 4.74 Å². The van der Waals surface area contributed by atoms with E-state index in [9.17, 15) is 24.3 Å². The number of hydrogen-bond acceptors (Lipinski definition) is 5. The SMILES string of the molecule is CC(C)(C)OC(=O)N1CCC(C(=O)N2CCC(C(=O)N3CC=C4C(C)(C)C(c5ccc(C(=O)O)cc5)=CC[C@]4(C)C3)(c3ccccc3)CC2)C1. The smallest absolute Gasteiger partial charge is 0.410 e. The van der Waals surface area contributed by atoms with E-state index in [1.54, 1.807) is 17.0 Å². The molecule has 2 fully saturated rings. The predicted octanol–water partition coefficient (Wildman–Crippen LogP) is 6.79. The number of carbonyl (C=O) groups excluding carboxylic acids is 3. The fourth-order valence-electron chi connectivity index (χ4n) is 8.86. The Morgan fingerprint density at radius 2 is 1.50 bits per heavy atom. The van der Waals surface area contributed by atoms with E-state index in [1.165, 1.54) is 11.1 Å². The summed E-state index contributed by atoms with van der Waals surface area (Å²) < 4.78 is 5.54. The summed E-state index contributed by atoms with van der Waals surface area (Å²) in [5.74, 6) is -1.04. The number of nitrogens with zero attached hydrogens (tertiary/aromatic N) is 3. The van der Waals surface area contributed by atoms with Crippen LogP contribution in [0.2, 0.25) is 0 Å². The summed E-state index contributed by atoms with van der Waals surface area (Å²) in [4.78, 5) is 58.2. The molecule has 3 amide bonds. The fraction of sp³-hybridized carbons (Fsp3) is 0.512. The minimum absolute atomic E-state index is 0.0489. The lowest BCUT2D eigenvalue weighted by atomic mass is 9.58. The number of carbonyl (C=O) groups is 4. The first-order valence-electron chi connectivity index (χ1n) is 17.9. The van der Waals surface area contributed by atoms with Gasteiger partial charge in [-0.1, -0.05) is 81.0 Å². The average Bonchev–Trinajstić information content (AvgIpc) is 3.58. The number of rotatable bonds is 5. The zero-order valence-corrected chi connectivity index (χ0v) is 30.3. The predicted molar refractivity (Wildman–Crippen MR) is 192 cm³/mol. The summed E-state index contributed by atoms with van der Waals surface area (Å²) >= 11 is 0. The number of fused-ring (bicyclic) bond motifs is 1. The number of likely N-dealkylation sites (tertiary alicyclic amines) is 2. The number of aromatic carboxylic acids is 1. The Kier molecular flexibility index (Phi) is 9.25. The van der Waals surface area contributed by atoms with Crippen molar-refractivity contribution >= 4 is 29.5 Å². The molecule has 1 aliphatic carbocycles. The highest BCUT2D eigenvalue weighted by Gasteiger charge is 2.51. The average molecular weight is 682 g/mol. The second kappa shape index (κ2) is 13.1. The minimum atomic E-state index is -0.938. The molecule has 2 aromatic rings. The van der Waals surface area contributed by atoms with Gasteiger partial charge in [0.05, 0.1) is 16.9 Å². The van der Waals surface area contributed by atoms with E-state index in [-0.39, 0.29) is 40.2 Å². The van der Waals surface area contributed by atoms with Crippen molar-refractivity contribution in [1.82, 2.24) is 14.7 Å². The van der Waals surface area contributed by atoms with Crippen LogP contribution in [0.3, 0.4) is 0 Å². The van der Waals surface area contributed by atoms with Crippen molar-refractivity contribution in [2.45, 2.75) is 78.2 Å². The van der Waals surface area contributed by atoms with Crippen molar-refractivity contribution in [3.8, 4) is 0 Å². The first-order valence-corrected chi connectivity index (χ1v) is 17.9. The van der Waals surface area contributed by atoms with Gasteiger partial charge in [-0.2, -0.15) is 0 Å². The Balaban J connectivity index is 1.18. The summed E-state index contributed by atoms with van der Waals surface area (Å²) in [6.07, 6.45) is 6.59. The Hall–Kier alpha value is -4.40. The van der Waals surface area contributed by atoms with Crippen LogP contribution in [0.1, 0.15) is 88.7 Å². The molecule has 1 unspecified atom stereocenters. The third kappa shape index (κ3) is 6.59. The van der Waals surface area contributed by atoms with Gasteiger partial charge in [0.1, 0.15) is 5.60 Å². The molecule has 0 radical (unpaired) electrons. The van der Waals surface area contributed by atoms with Gasteiger partial charge in [-0.3, -0.25) is 9.59 Å². The first-order chi connectivity index (χ1) is 23.5. The maximum Gasteiger partial charge on any atom is 0.410 e. The van der Waals surface area contributed by atoms with Crippen LogP contribution in [0.5, 0.6) is 0 Å². The van der Waals surface area contributed by atoms with E-state index >= 15 is 0 Å². The van der Waals surface area contributed by atoms with Gasteiger partial charge in [0.25, 0.3) is 0 Å². The molecule has 266 valence electrons. The zero-order valence-electron chi connectivity index (χ0n) is 30.3. The number of ether oxygens (including phenoxy) is 1. The monoisotopic (exact) mass is 681 g/mol. The second-order valence-corrected chi connectivity index (χ2v) is 16.4. The van der Waals surface area contributed by atoms with Gasteiger partial charge in [0.2, 0.25) is 11.8 Å². The van der Waals surface area contributed by atoms with Gasteiger partial charge in [0.15, 0.2) is 0 Å². The third-order valence-corrected chi connectivity index (χ3v) is 11.4. The fourth-order valence-corrected chi connectivity index (χ4v) is 8.86. The molecule has 50 heavy (non-hydrogen) atoms. The molecule has 2 saturated heterocycles. The molecular formula is C41H51N3O6. The van der Waals surface area contributed by atoms with E-state index in [0.717, 1.165) is 17.5 Å². The molecule has 0 bridgehead atoms. The van der Waals surface area contributed by atoms with Crippen LogP contribution in [0.25, 0.3) is 5.57 Å². The molecule has 6 rings (SSSR count). The largest absolute Gasteiger partial charge is 0.478 e. The molecule has 0 aromatic heterocycles. The number of carboxylic acid groups (broad SMARTS) is 1. The number of piperidine rings is 1. The van der Waals surface area contributed by atoms with Crippen LogP contribution in [0.4, 0.5) is 4.79 Å². The number of allylic oxidation sites excluding steroid dienone is 2. The van der Waals surface area contributed by atoms with Crippen LogP contribution in [0, 0.1) is 16.7 Å². The lowest BCUT2D eigenvalue weighted by molar-refractivity contribution is -0.145. The van der Waals surface area contributed by atoms with Gasteiger partial charge in [-0.25, -0.2) is 9.59 Å². The standard InChI is InChI=1S/C41H51N3O6/c1-38(2,3)50-37(49)43-22-17-30(26-43)34(45)42-24-20-41(21-25-42,31-10-8-7-9-11-31)36(48)44-23-18-33-39(4,5)32(16-19-40(33,6)27-44)28-12-14-29(15-13-28)35(46)47/h7-16,18,30H,17,19-27H2,1-6H3,(H,46,47)/t30?,40-/m1/s1. The molecule has 1 N–H and O–H groups in total. The van der Waals surface area contributed by atoms with E-state index < -0.39 is 17.0 Å². The Morgan fingerprint density at radius 3 is 2.12 bits per heavy atom.